The van der Waals surface area contributed by atoms with Crippen molar-refractivity contribution in [3.05, 3.63) is 0 Å². The molecule has 1 aliphatic rings. The van der Waals surface area contributed by atoms with Crippen LogP contribution in [0.25, 0.3) is 0 Å². The van der Waals surface area contributed by atoms with Crippen molar-refractivity contribution in [2.45, 2.75) is 76.9 Å². The van der Waals surface area contributed by atoms with E-state index in [1.807, 2.05) is 0 Å². The van der Waals surface area contributed by atoms with Crippen LogP contribution in [-0.4, -0.2) is 60.6 Å². The molecule has 0 aromatic carbocycles. The Morgan fingerprint density at radius 3 is 2.21 bits per heavy atom. The van der Waals surface area contributed by atoms with Crippen molar-refractivity contribution in [2.24, 2.45) is 0 Å². The van der Waals surface area contributed by atoms with Crippen molar-refractivity contribution in [2.75, 3.05) is 6.54 Å². The quantitative estimate of drug-likeness (QED) is 0.772. The summed E-state index contributed by atoms with van der Waals surface area (Å²) in [7, 11) is -2.34. The second kappa shape index (κ2) is 6.95. The Hall–Kier alpha value is -1.22. The zero-order valence-corrected chi connectivity index (χ0v) is 16.1. The second-order valence-corrected chi connectivity index (χ2v) is 12.5. The molecule has 6 nitrogen and oxygen atoms in total. The first-order valence-corrected chi connectivity index (χ1v) is 11.3. The number of carbonyl (C=O) groups is 2. The summed E-state index contributed by atoms with van der Waals surface area (Å²) in [6.45, 7) is 10.1. The number of nitrogens with zero attached hydrogens (tertiary/aromatic N) is 1. The van der Waals surface area contributed by atoms with Gasteiger partial charge in [0.05, 0.1) is 0 Å². The van der Waals surface area contributed by atoms with Gasteiger partial charge in [0.15, 0.2) is 8.32 Å². The summed E-state index contributed by atoms with van der Waals surface area (Å²) >= 11 is 0. The molecule has 0 spiro atoms. The van der Waals surface area contributed by atoms with E-state index in [0.29, 0.717) is 0 Å². The Morgan fingerprint density at radius 1 is 1.29 bits per heavy atom. The summed E-state index contributed by atoms with van der Waals surface area (Å²) in [5, 5.41) is 9.43. The Morgan fingerprint density at radius 2 is 1.83 bits per heavy atom. The van der Waals surface area contributed by atoms with Crippen LogP contribution in [-0.2, 0) is 14.0 Å². The predicted molar refractivity (Wildman–Crippen MR) is 86.8 cm³/mol. The van der Waals surface area contributed by atoms with Crippen molar-refractivity contribution >= 4 is 20.4 Å². The third-order valence-corrected chi connectivity index (χ3v) is 4.53. The Labute approximate surface area is 142 Å². The molecular formula is C15H27F2NO5Si. The van der Waals surface area contributed by atoms with Crippen LogP contribution in [0.3, 0.4) is 0 Å². The molecular weight excluding hydrogens is 340 g/mol. The van der Waals surface area contributed by atoms with E-state index >= 15 is 0 Å². The molecule has 0 bridgehead atoms. The number of carbonyl (C=O) groups excluding carboxylic acids is 1. The minimum Gasteiger partial charge on any atom is -0.480 e. The highest BCUT2D eigenvalue weighted by Crippen LogP contribution is 2.38. The van der Waals surface area contributed by atoms with Crippen LogP contribution in [0.2, 0.25) is 19.6 Å². The number of carboxylic acid groups (broad SMARTS) is 1. The van der Waals surface area contributed by atoms with E-state index in [9.17, 15) is 23.5 Å². The van der Waals surface area contributed by atoms with Crippen molar-refractivity contribution < 1.29 is 32.6 Å². The minimum atomic E-state index is -2.83. The Kier molecular flexibility index (Phi) is 6.03. The fraction of sp³-hybridized carbons (Fsp3) is 0.867. The molecule has 0 aromatic heterocycles. The van der Waals surface area contributed by atoms with Crippen LogP contribution < -0.4 is 0 Å². The lowest BCUT2D eigenvalue weighted by atomic mass is 9.87. The molecule has 0 aromatic rings. The fourth-order valence-corrected chi connectivity index (χ4v) is 4.20. The Balaban J connectivity index is 3.06. The van der Waals surface area contributed by atoms with Gasteiger partial charge in [-0.15, -0.1) is 0 Å². The molecule has 1 saturated heterocycles. The van der Waals surface area contributed by atoms with Crippen LogP contribution in [0.1, 0.15) is 33.6 Å². The number of piperidine rings is 1. The van der Waals surface area contributed by atoms with Gasteiger partial charge in [0.25, 0.3) is 6.43 Å². The van der Waals surface area contributed by atoms with Crippen molar-refractivity contribution in [1.29, 1.82) is 0 Å². The van der Waals surface area contributed by atoms with Gasteiger partial charge in [-0.05, 0) is 46.8 Å². The molecule has 0 radical (unpaired) electrons. The summed E-state index contributed by atoms with van der Waals surface area (Å²) in [4.78, 5) is 24.8. The fourth-order valence-electron chi connectivity index (χ4n) is 2.71. The predicted octanol–water partition coefficient (Wildman–Crippen LogP) is 3.33. The van der Waals surface area contributed by atoms with Crippen molar-refractivity contribution in [3.63, 3.8) is 0 Å². The summed E-state index contributed by atoms with van der Waals surface area (Å²) < 4.78 is 38.3. The van der Waals surface area contributed by atoms with Gasteiger partial charge in [-0.2, -0.15) is 0 Å². The van der Waals surface area contributed by atoms with Gasteiger partial charge in [-0.1, -0.05) is 0 Å². The summed E-state index contributed by atoms with van der Waals surface area (Å²) in [6, 6.07) is -1.40. The molecule has 140 valence electrons. The van der Waals surface area contributed by atoms with Gasteiger partial charge in [-0.25, -0.2) is 18.4 Å². The van der Waals surface area contributed by atoms with Gasteiger partial charge < -0.3 is 14.3 Å². The minimum absolute atomic E-state index is 0.127. The van der Waals surface area contributed by atoms with Crippen LogP contribution in [0.4, 0.5) is 13.6 Å². The first kappa shape index (κ1) is 20.8. The standard InChI is InChI=1S/C15H27F2NO5Si/c1-14(2,3)22-13(21)18-8-7-15(12(16)17,23-24(4,5)6)9-10(18)11(19)20/h10,12H,7-9H2,1-6H3,(H,19,20)/t10-,15-/m1/s1. The van der Waals surface area contributed by atoms with E-state index in [1.165, 1.54) is 0 Å². The number of ether oxygens (including phenoxy) is 1. The van der Waals surface area contributed by atoms with E-state index in [-0.39, 0.29) is 13.0 Å². The largest absolute Gasteiger partial charge is 0.480 e. The van der Waals surface area contributed by atoms with Crippen LogP contribution in [0.5, 0.6) is 0 Å². The highest BCUT2D eigenvalue weighted by atomic mass is 28.4. The molecule has 1 rings (SSSR count). The first-order valence-electron chi connectivity index (χ1n) is 7.88. The van der Waals surface area contributed by atoms with E-state index in [0.717, 1.165) is 4.90 Å². The van der Waals surface area contributed by atoms with Gasteiger partial charge in [0.2, 0.25) is 0 Å². The number of alkyl halides is 2. The molecule has 0 saturated carbocycles. The van der Waals surface area contributed by atoms with Gasteiger partial charge in [-0.3, -0.25) is 4.90 Å². The average Bonchev–Trinajstić information content (AvgIpc) is 2.34. The number of aliphatic carboxylic acids is 1. The Bertz CT molecular complexity index is 489. The van der Waals surface area contributed by atoms with E-state index in [1.54, 1.807) is 40.4 Å². The number of amides is 1. The lowest BCUT2D eigenvalue weighted by Crippen LogP contribution is -2.61. The van der Waals surface area contributed by atoms with Gasteiger partial charge in [0, 0.05) is 13.0 Å². The third-order valence-electron chi connectivity index (χ3n) is 3.51. The van der Waals surface area contributed by atoms with Gasteiger partial charge >= 0.3 is 12.1 Å². The molecule has 24 heavy (non-hydrogen) atoms. The monoisotopic (exact) mass is 367 g/mol. The number of rotatable bonds is 4. The number of hydrogen-bond donors (Lipinski definition) is 1. The number of hydrogen-bond acceptors (Lipinski definition) is 4. The molecule has 1 heterocycles. The van der Waals surface area contributed by atoms with E-state index in [2.05, 4.69) is 0 Å². The molecule has 1 N–H and O–H groups in total. The molecule has 1 fully saturated rings. The smallest absolute Gasteiger partial charge is 0.411 e. The SMILES string of the molecule is CC(C)(C)OC(=O)N1CC[C@](O[Si](C)(C)C)(C(F)F)C[C@@H]1C(=O)O. The van der Waals surface area contributed by atoms with E-state index < -0.39 is 50.5 Å². The highest BCUT2D eigenvalue weighted by Gasteiger charge is 2.52. The average molecular weight is 367 g/mol. The maximum atomic E-state index is 13.7. The zero-order chi connectivity index (χ0) is 18.9. The lowest BCUT2D eigenvalue weighted by molar-refractivity contribution is -0.159. The van der Waals surface area contributed by atoms with E-state index in [4.69, 9.17) is 9.16 Å². The molecule has 9 heteroatoms. The maximum absolute atomic E-state index is 13.7. The summed E-state index contributed by atoms with van der Waals surface area (Å²) in [6.07, 6.45) is -4.22. The molecule has 0 unspecified atom stereocenters. The molecule has 0 aliphatic carbocycles. The van der Waals surface area contributed by atoms with Crippen LogP contribution in [0.15, 0.2) is 0 Å². The van der Waals surface area contributed by atoms with Gasteiger partial charge in [0.1, 0.15) is 17.2 Å². The normalized spacial score (nSPS) is 25.7. The lowest BCUT2D eigenvalue weighted by Gasteiger charge is -2.46. The topological polar surface area (TPSA) is 76.1 Å². The number of likely N-dealkylation sites (tertiary alicyclic amines) is 1. The third kappa shape index (κ3) is 5.40. The van der Waals surface area contributed by atoms with Crippen molar-refractivity contribution in [3.8, 4) is 0 Å². The number of carboxylic acids is 1. The first-order chi connectivity index (χ1) is 10.7. The summed E-state index contributed by atoms with van der Waals surface area (Å²) in [5.74, 6) is -1.34. The second-order valence-electron chi connectivity index (χ2n) is 8.06. The highest BCUT2D eigenvalue weighted by molar-refractivity contribution is 6.69. The van der Waals surface area contributed by atoms with Crippen LogP contribution in [0, 0.1) is 0 Å². The van der Waals surface area contributed by atoms with Crippen LogP contribution >= 0.6 is 0 Å². The summed E-state index contributed by atoms with van der Waals surface area (Å²) in [5.41, 5.74) is -2.64. The zero-order valence-electron chi connectivity index (χ0n) is 15.1. The maximum Gasteiger partial charge on any atom is 0.411 e. The molecule has 2 atom stereocenters. The molecule has 1 amide bonds. The molecule has 1 aliphatic heterocycles. The number of halogens is 2. The van der Waals surface area contributed by atoms with Crippen molar-refractivity contribution in [1.82, 2.24) is 4.90 Å².